The van der Waals surface area contributed by atoms with Gasteiger partial charge in [-0.05, 0) is 30.4 Å². The topological polar surface area (TPSA) is 54.9 Å². The van der Waals surface area contributed by atoms with Crippen LogP contribution in [-0.4, -0.2) is 15.9 Å². The van der Waals surface area contributed by atoms with Crippen molar-refractivity contribution < 1.29 is 4.79 Å². The second-order valence-electron chi connectivity index (χ2n) is 4.78. The van der Waals surface area contributed by atoms with Gasteiger partial charge in [0.1, 0.15) is 0 Å². The Labute approximate surface area is 115 Å². The predicted octanol–water partition coefficient (Wildman–Crippen LogP) is 2.99. The summed E-state index contributed by atoms with van der Waals surface area (Å²) >= 11 is 1.60. The molecule has 2 heterocycles. The SMILES string of the molecule is O=C(Cc1cccnc1)Nc1ncc(C2CCC2)s1. The molecule has 1 saturated carbocycles. The van der Waals surface area contributed by atoms with Gasteiger partial charge in [0.2, 0.25) is 5.91 Å². The van der Waals surface area contributed by atoms with E-state index in [1.54, 1.807) is 23.7 Å². The molecule has 19 heavy (non-hydrogen) atoms. The number of hydrogen-bond acceptors (Lipinski definition) is 4. The van der Waals surface area contributed by atoms with Crippen LogP contribution in [0.1, 0.15) is 35.6 Å². The number of nitrogens with one attached hydrogen (secondary N) is 1. The highest BCUT2D eigenvalue weighted by Crippen LogP contribution is 2.39. The zero-order valence-electron chi connectivity index (χ0n) is 10.5. The molecular formula is C14H15N3OS. The normalized spacial score (nSPS) is 14.9. The van der Waals surface area contributed by atoms with E-state index in [1.165, 1.54) is 24.1 Å². The number of pyridine rings is 1. The van der Waals surface area contributed by atoms with Crippen LogP contribution in [0.5, 0.6) is 0 Å². The third kappa shape index (κ3) is 2.98. The minimum absolute atomic E-state index is 0.0393. The summed E-state index contributed by atoms with van der Waals surface area (Å²) in [4.78, 5) is 21.4. The quantitative estimate of drug-likeness (QED) is 0.931. The molecule has 4 nitrogen and oxygen atoms in total. The molecule has 0 unspecified atom stereocenters. The van der Waals surface area contributed by atoms with Crippen molar-refractivity contribution in [2.75, 3.05) is 5.32 Å². The molecule has 98 valence electrons. The molecule has 0 aromatic carbocycles. The number of amides is 1. The molecule has 5 heteroatoms. The number of carbonyl (C=O) groups excluding carboxylic acids is 1. The third-order valence-corrected chi connectivity index (χ3v) is 4.44. The minimum Gasteiger partial charge on any atom is -0.302 e. The Morgan fingerprint density at radius 3 is 3.00 bits per heavy atom. The summed E-state index contributed by atoms with van der Waals surface area (Å²) in [7, 11) is 0. The lowest BCUT2D eigenvalue weighted by atomic mass is 9.85. The molecule has 1 fully saturated rings. The van der Waals surface area contributed by atoms with E-state index in [2.05, 4.69) is 15.3 Å². The van der Waals surface area contributed by atoms with Crippen molar-refractivity contribution in [3.05, 3.63) is 41.2 Å². The smallest absolute Gasteiger partial charge is 0.230 e. The maximum atomic E-state index is 11.9. The van der Waals surface area contributed by atoms with Gasteiger partial charge in [0.15, 0.2) is 5.13 Å². The first kappa shape index (κ1) is 12.3. The molecule has 2 aromatic heterocycles. The maximum Gasteiger partial charge on any atom is 0.230 e. The molecule has 0 atom stereocenters. The van der Waals surface area contributed by atoms with Gasteiger partial charge in [-0.2, -0.15) is 0 Å². The van der Waals surface area contributed by atoms with E-state index >= 15 is 0 Å². The first-order valence-electron chi connectivity index (χ1n) is 6.46. The Morgan fingerprint density at radius 2 is 2.32 bits per heavy atom. The lowest BCUT2D eigenvalue weighted by molar-refractivity contribution is -0.115. The van der Waals surface area contributed by atoms with Crippen molar-refractivity contribution >= 4 is 22.4 Å². The van der Waals surface area contributed by atoms with Gasteiger partial charge in [-0.1, -0.05) is 12.5 Å². The second-order valence-corrected chi connectivity index (χ2v) is 5.84. The van der Waals surface area contributed by atoms with E-state index in [9.17, 15) is 4.79 Å². The molecule has 2 aromatic rings. The molecule has 1 amide bonds. The first-order chi connectivity index (χ1) is 9.31. The summed E-state index contributed by atoms with van der Waals surface area (Å²) in [5.74, 6) is 0.629. The summed E-state index contributed by atoms with van der Waals surface area (Å²) in [6, 6.07) is 3.73. The Hall–Kier alpha value is -1.75. The molecule has 0 radical (unpaired) electrons. The average Bonchev–Trinajstić information content (AvgIpc) is 2.76. The van der Waals surface area contributed by atoms with E-state index < -0.39 is 0 Å². The number of hydrogen-bond donors (Lipinski definition) is 1. The van der Waals surface area contributed by atoms with Crippen molar-refractivity contribution in [1.29, 1.82) is 0 Å². The molecule has 0 saturated heterocycles. The summed E-state index contributed by atoms with van der Waals surface area (Å²) in [5.41, 5.74) is 0.913. The Balaban J connectivity index is 1.58. The van der Waals surface area contributed by atoms with Gasteiger partial charge in [0, 0.05) is 23.5 Å². The van der Waals surface area contributed by atoms with Crippen LogP contribution in [0.15, 0.2) is 30.7 Å². The lowest BCUT2D eigenvalue weighted by Gasteiger charge is -2.23. The molecule has 1 aliphatic carbocycles. The summed E-state index contributed by atoms with van der Waals surface area (Å²) in [6.07, 6.45) is 9.47. The van der Waals surface area contributed by atoms with Gasteiger partial charge in [-0.25, -0.2) is 4.98 Å². The van der Waals surface area contributed by atoms with Gasteiger partial charge in [0.05, 0.1) is 6.42 Å². The number of anilines is 1. The van der Waals surface area contributed by atoms with Crippen LogP contribution >= 0.6 is 11.3 Å². The zero-order chi connectivity index (χ0) is 13.1. The summed E-state index contributed by atoms with van der Waals surface area (Å²) in [5, 5.41) is 3.56. The highest BCUT2D eigenvalue weighted by Gasteiger charge is 2.22. The van der Waals surface area contributed by atoms with Crippen molar-refractivity contribution in [3.63, 3.8) is 0 Å². The molecule has 0 spiro atoms. The van der Waals surface area contributed by atoms with Crippen LogP contribution in [0.25, 0.3) is 0 Å². The van der Waals surface area contributed by atoms with Crippen LogP contribution in [0, 0.1) is 0 Å². The number of carbonyl (C=O) groups is 1. The Kier molecular flexibility index (Phi) is 3.55. The Bertz CT molecular complexity index is 563. The monoisotopic (exact) mass is 273 g/mol. The number of aromatic nitrogens is 2. The third-order valence-electron chi connectivity index (χ3n) is 3.36. The number of nitrogens with zero attached hydrogens (tertiary/aromatic N) is 2. The Morgan fingerprint density at radius 1 is 1.42 bits per heavy atom. The van der Waals surface area contributed by atoms with Crippen molar-refractivity contribution in [1.82, 2.24) is 9.97 Å². The van der Waals surface area contributed by atoms with E-state index in [1.807, 2.05) is 18.3 Å². The lowest BCUT2D eigenvalue weighted by Crippen LogP contribution is -2.14. The predicted molar refractivity (Wildman–Crippen MR) is 75.3 cm³/mol. The molecular weight excluding hydrogens is 258 g/mol. The van der Waals surface area contributed by atoms with Gasteiger partial charge in [-0.3, -0.25) is 9.78 Å². The van der Waals surface area contributed by atoms with Crippen LogP contribution in [0.4, 0.5) is 5.13 Å². The van der Waals surface area contributed by atoms with Crippen LogP contribution < -0.4 is 5.32 Å². The van der Waals surface area contributed by atoms with Crippen molar-refractivity contribution in [2.24, 2.45) is 0 Å². The maximum absolute atomic E-state index is 11.9. The highest BCUT2D eigenvalue weighted by molar-refractivity contribution is 7.15. The van der Waals surface area contributed by atoms with Crippen LogP contribution in [0.2, 0.25) is 0 Å². The largest absolute Gasteiger partial charge is 0.302 e. The fourth-order valence-electron chi connectivity index (χ4n) is 2.08. The molecule has 3 rings (SSSR count). The molecule has 0 aliphatic heterocycles. The summed E-state index contributed by atoms with van der Waals surface area (Å²) < 4.78 is 0. The van der Waals surface area contributed by atoms with Gasteiger partial charge < -0.3 is 5.32 Å². The number of thiazole rings is 1. The minimum atomic E-state index is -0.0393. The van der Waals surface area contributed by atoms with Crippen LogP contribution in [0.3, 0.4) is 0 Å². The van der Waals surface area contributed by atoms with E-state index in [4.69, 9.17) is 0 Å². The highest BCUT2D eigenvalue weighted by atomic mass is 32.1. The van der Waals surface area contributed by atoms with E-state index in [-0.39, 0.29) is 5.91 Å². The standard InChI is InChI=1S/C14H15N3OS/c18-13(7-10-3-2-6-15-8-10)17-14-16-9-12(19-14)11-4-1-5-11/h2-3,6,8-9,11H,1,4-5,7H2,(H,16,17,18). The molecule has 1 aliphatic rings. The molecule has 0 bridgehead atoms. The summed E-state index contributed by atoms with van der Waals surface area (Å²) in [6.45, 7) is 0. The van der Waals surface area contributed by atoms with Crippen molar-refractivity contribution in [2.45, 2.75) is 31.6 Å². The fourth-order valence-corrected chi connectivity index (χ4v) is 3.08. The van der Waals surface area contributed by atoms with Crippen LogP contribution in [-0.2, 0) is 11.2 Å². The van der Waals surface area contributed by atoms with E-state index in [0.717, 1.165) is 5.56 Å². The first-order valence-corrected chi connectivity index (χ1v) is 7.27. The van der Waals surface area contributed by atoms with Gasteiger partial charge in [0.25, 0.3) is 0 Å². The zero-order valence-corrected chi connectivity index (χ0v) is 11.3. The average molecular weight is 273 g/mol. The van der Waals surface area contributed by atoms with Crippen molar-refractivity contribution in [3.8, 4) is 0 Å². The van der Waals surface area contributed by atoms with Gasteiger partial charge in [-0.15, -0.1) is 11.3 Å². The number of rotatable bonds is 4. The fraction of sp³-hybridized carbons (Fsp3) is 0.357. The second kappa shape index (κ2) is 5.48. The molecule has 1 N–H and O–H groups in total. The van der Waals surface area contributed by atoms with E-state index in [0.29, 0.717) is 17.5 Å². The van der Waals surface area contributed by atoms with Gasteiger partial charge >= 0.3 is 0 Å².